The summed E-state index contributed by atoms with van der Waals surface area (Å²) in [5, 5.41) is 3.60. The molecule has 2 nitrogen and oxygen atoms in total. The van der Waals surface area contributed by atoms with Gasteiger partial charge >= 0.3 is 0 Å². The third-order valence-corrected chi connectivity index (χ3v) is 4.13. The summed E-state index contributed by atoms with van der Waals surface area (Å²) >= 11 is 0. The molecule has 1 aromatic carbocycles. The summed E-state index contributed by atoms with van der Waals surface area (Å²) in [6.45, 7) is 11.7. The summed E-state index contributed by atoms with van der Waals surface area (Å²) in [7, 11) is 0. The molecule has 1 aliphatic rings. The van der Waals surface area contributed by atoms with E-state index in [0.29, 0.717) is 6.04 Å². The lowest BCUT2D eigenvalue weighted by Crippen LogP contribution is -2.29. The lowest BCUT2D eigenvalue weighted by molar-refractivity contribution is 0.251. The smallest absolute Gasteiger partial charge is 0.0320 e. The fourth-order valence-corrected chi connectivity index (χ4v) is 2.90. The van der Waals surface area contributed by atoms with Crippen LogP contribution >= 0.6 is 0 Å². The second kappa shape index (κ2) is 7.06. The monoisotopic (exact) mass is 260 g/mol. The molecule has 1 aliphatic heterocycles. The molecule has 1 N–H and O–H groups in total. The second-order valence-corrected chi connectivity index (χ2v) is 6.29. The predicted octanol–water partition coefficient (Wildman–Crippen LogP) is 3.32. The van der Waals surface area contributed by atoms with E-state index >= 15 is 0 Å². The van der Waals surface area contributed by atoms with Gasteiger partial charge in [-0.05, 0) is 50.4 Å². The summed E-state index contributed by atoms with van der Waals surface area (Å²) in [4.78, 5) is 2.62. The zero-order chi connectivity index (χ0) is 13.7. The van der Waals surface area contributed by atoms with Crippen LogP contribution in [-0.2, 0) is 0 Å². The van der Waals surface area contributed by atoms with Crippen LogP contribution in [-0.4, -0.2) is 31.1 Å². The van der Waals surface area contributed by atoms with E-state index in [2.05, 4.69) is 61.3 Å². The molecule has 2 heteroatoms. The van der Waals surface area contributed by atoms with Crippen molar-refractivity contribution in [2.75, 3.05) is 26.2 Å². The van der Waals surface area contributed by atoms with Crippen molar-refractivity contribution in [3.8, 4) is 0 Å². The van der Waals surface area contributed by atoms with Gasteiger partial charge in [-0.25, -0.2) is 0 Å². The Balaban J connectivity index is 1.78. The molecule has 106 valence electrons. The third kappa shape index (κ3) is 4.32. The van der Waals surface area contributed by atoms with Crippen molar-refractivity contribution in [1.29, 1.82) is 0 Å². The first-order valence-corrected chi connectivity index (χ1v) is 7.66. The Morgan fingerprint density at radius 1 is 1.21 bits per heavy atom. The Kier molecular flexibility index (Phi) is 5.41. The van der Waals surface area contributed by atoms with E-state index in [-0.39, 0.29) is 0 Å². The Bertz CT molecular complexity index is 361. The van der Waals surface area contributed by atoms with Gasteiger partial charge in [0.1, 0.15) is 0 Å². The Labute approximate surface area is 118 Å². The van der Waals surface area contributed by atoms with Gasteiger partial charge < -0.3 is 5.32 Å². The quantitative estimate of drug-likeness (QED) is 0.844. The van der Waals surface area contributed by atoms with Gasteiger partial charge in [0.15, 0.2) is 0 Å². The van der Waals surface area contributed by atoms with Crippen LogP contribution in [0.15, 0.2) is 30.3 Å². The van der Waals surface area contributed by atoms with Crippen LogP contribution in [0.1, 0.15) is 38.8 Å². The van der Waals surface area contributed by atoms with Crippen molar-refractivity contribution in [3.05, 3.63) is 35.9 Å². The van der Waals surface area contributed by atoms with Gasteiger partial charge in [0.05, 0.1) is 0 Å². The average molecular weight is 260 g/mol. The zero-order valence-corrected chi connectivity index (χ0v) is 12.6. The first kappa shape index (κ1) is 14.5. The van der Waals surface area contributed by atoms with Gasteiger partial charge in [-0.3, -0.25) is 4.90 Å². The van der Waals surface area contributed by atoms with Gasteiger partial charge in [-0.15, -0.1) is 0 Å². The molecule has 2 unspecified atom stereocenters. The van der Waals surface area contributed by atoms with E-state index in [9.17, 15) is 0 Å². The van der Waals surface area contributed by atoms with E-state index in [1.54, 1.807) is 0 Å². The number of likely N-dealkylation sites (tertiary alicyclic amines) is 1. The standard InChI is InChI=1S/C17H28N2/c1-14(2)11-18-12-16-9-10-19(13-16)15(3)17-7-5-4-6-8-17/h4-8,14-16,18H,9-13H2,1-3H3. The lowest BCUT2D eigenvalue weighted by atomic mass is 10.1. The van der Waals surface area contributed by atoms with Crippen LogP contribution in [0.4, 0.5) is 0 Å². The fraction of sp³-hybridized carbons (Fsp3) is 0.647. The predicted molar refractivity (Wildman–Crippen MR) is 82.2 cm³/mol. The minimum Gasteiger partial charge on any atom is -0.316 e. The minimum absolute atomic E-state index is 0.552. The molecular formula is C17H28N2. The number of benzene rings is 1. The van der Waals surface area contributed by atoms with E-state index in [1.807, 2.05) is 0 Å². The Morgan fingerprint density at radius 3 is 2.63 bits per heavy atom. The zero-order valence-electron chi connectivity index (χ0n) is 12.6. The van der Waals surface area contributed by atoms with Gasteiger partial charge in [0.2, 0.25) is 0 Å². The number of nitrogens with one attached hydrogen (secondary N) is 1. The summed E-state index contributed by atoms with van der Waals surface area (Å²) in [5.41, 5.74) is 1.44. The highest BCUT2D eigenvalue weighted by Gasteiger charge is 2.26. The van der Waals surface area contributed by atoms with Crippen molar-refractivity contribution in [2.45, 2.75) is 33.2 Å². The highest BCUT2D eigenvalue weighted by Crippen LogP contribution is 2.26. The molecule has 0 bridgehead atoms. The summed E-state index contributed by atoms with van der Waals surface area (Å²) < 4.78 is 0. The highest BCUT2D eigenvalue weighted by molar-refractivity contribution is 5.18. The van der Waals surface area contributed by atoms with Crippen LogP contribution in [0.25, 0.3) is 0 Å². The van der Waals surface area contributed by atoms with E-state index in [4.69, 9.17) is 0 Å². The molecule has 0 aromatic heterocycles. The Hall–Kier alpha value is -0.860. The van der Waals surface area contributed by atoms with Crippen LogP contribution in [0, 0.1) is 11.8 Å². The van der Waals surface area contributed by atoms with Crippen molar-refractivity contribution in [1.82, 2.24) is 10.2 Å². The number of nitrogens with zero attached hydrogens (tertiary/aromatic N) is 1. The van der Waals surface area contributed by atoms with Crippen molar-refractivity contribution < 1.29 is 0 Å². The molecule has 0 spiro atoms. The molecule has 1 aromatic rings. The first-order chi connectivity index (χ1) is 9.16. The maximum absolute atomic E-state index is 3.60. The van der Waals surface area contributed by atoms with E-state index in [1.165, 1.54) is 31.6 Å². The molecule has 0 saturated carbocycles. The van der Waals surface area contributed by atoms with Crippen molar-refractivity contribution in [2.24, 2.45) is 11.8 Å². The lowest BCUT2D eigenvalue weighted by Gasteiger charge is -2.25. The largest absolute Gasteiger partial charge is 0.316 e. The molecule has 2 rings (SSSR count). The molecular weight excluding hydrogens is 232 g/mol. The summed E-state index contributed by atoms with van der Waals surface area (Å²) in [6, 6.07) is 11.4. The number of hydrogen-bond donors (Lipinski definition) is 1. The molecule has 1 fully saturated rings. The molecule has 0 amide bonds. The van der Waals surface area contributed by atoms with Crippen LogP contribution in [0.5, 0.6) is 0 Å². The maximum Gasteiger partial charge on any atom is 0.0320 e. The Morgan fingerprint density at radius 2 is 1.95 bits per heavy atom. The highest BCUT2D eigenvalue weighted by atomic mass is 15.2. The SMILES string of the molecule is CC(C)CNCC1CCN(C(C)c2ccccc2)C1. The molecule has 19 heavy (non-hydrogen) atoms. The molecule has 0 radical (unpaired) electrons. The number of rotatable bonds is 6. The topological polar surface area (TPSA) is 15.3 Å². The summed E-state index contributed by atoms with van der Waals surface area (Å²) in [5.74, 6) is 1.57. The van der Waals surface area contributed by atoms with Crippen LogP contribution in [0.2, 0.25) is 0 Å². The van der Waals surface area contributed by atoms with Gasteiger partial charge in [-0.1, -0.05) is 44.2 Å². The van der Waals surface area contributed by atoms with Crippen LogP contribution in [0.3, 0.4) is 0 Å². The minimum atomic E-state index is 0.552. The normalized spacial score (nSPS) is 22.0. The number of hydrogen-bond acceptors (Lipinski definition) is 2. The molecule has 1 saturated heterocycles. The van der Waals surface area contributed by atoms with Crippen molar-refractivity contribution >= 4 is 0 Å². The first-order valence-electron chi connectivity index (χ1n) is 7.66. The molecule has 0 aliphatic carbocycles. The fourth-order valence-electron chi connectivity index (χ4n) is 2.90. The van der Waals surface area contributed by atoms with Gasteiger partial charge in [-0.2, -0.15) is 0 Å². The average Bonchev–Trinajstić information content (AvgIpc) is 2.87. The van der Waals surface area contributed by atoms with E-state index < -0.39 is 0 Å². The maximum atomic E-state index is 3.60. The molecule has 1 heterocycles. The van der Waals surface area contributed by atoms with Crippen molar-refractivity contribution in [3.63, 3.8) is 0 Å². The summed E-state index contributed by atoms with van der Waals surface area (Å²) in [6.07, 6.45) is 1.34. The van der Waals surface area contributed by atoms with E-state index in [0.717, 1.165) is 18.4 Å². The van der Waals surface area contributed by atoms with Crippen LogP contribution < -0.4 is 5.32 Å². The molecule has 2 atom stereocenters. The van der Waals surface area contributed by atoms with Gasteiger partial charge in [0.25, 0.3) is 0 Å². The third-order valence-electron chi connectivity index (χ3n) is 4.13. The van der Waals surface area contributed by atoms with Gasteiger partial charge in [0, 0.05) is 12.6 Å². The second-order valence-electron chi connectivity index (χ2n) is 6.29.